The van der Waals surface area contributed by atoms with Gasteiger partial charge in [0, 0.05) is 23.9 Å². The SMILES string of the molecule is O=C(N[C@H]1CCOc2c(F)cccc21)N[C@@H]1C[C@H]1c1ccc(F)cc1. The number of hydrogen-bond acceptors (Lipinski definition) is 2. The Morgan fingerprint density at radius 1 is 1.08 bits per heavy atom. The zero-order valence-corrected chi connectivity index (χ0v) is 13.5. The van der Waals surface area contributed by atoms with Gasteiger partial charge in [-0.25, -0.2) is 13.6 Å². The van der Waals surface area contributed by atoms with Crippen molar-refractivity contribution in [3.8, 4) is 5.75 Å². The van der Waals surface area contributed by atoms with E-state index in [1.807, 2.05) is 0 Å². The average Bonchev–Trinajstić information content (AvgIpc) is 3.35. The summed E-state index contributed by atoms with van der Waals surface area (Å²) in [7, 11) is 0. The van der Waals surface area contributed by atoms with Crippen molar-refractivity contribution in [3.05, 3.63) is 65.2 Å². The summed E-state index contributed by atoms with van der Waals surface area (Å²) in [6.45, 7) is 0.362. The van der Waals surface area contributed by atoms with Crippen molar-refractivity contribution < 1.29 is 18.3 Å². The van der Waals surface area contributed by atoms with Crippen LogP contribution in [0.2, 0.25) is 0 Å². The van der Waals surface area contributed by atoms with Crippen LogP contribution in [-0.4, -0.2) is 18.7 Å². The molecule has 2 aromatic carbocycles. The van der Waals surface area contributed by atoms with E-state index in [0.29, 0.717) is 18.6 Å². The van der Waals surface area contributed by atoms with E-state index in [-0.39, 0.29) is 35.6 Å². The van der Waals surface area contributed by atoms with Crippen molar-refractivity contribution in [2.45, 2.75) is 30.8 Å². The Hall–Kier alpha value is -2.63. The first kappa shape index (κ1) is 15.9. The molecule has 0 aromatic heterocycles. The van der Waals surface area contributed by atoms with Gasteiger partial charge in [0.05, 0.1) is 12.6 Å². The van der Waals surface area contributed by atoms with E-state index < -0.39 is 5.82 Å². The fourth-order valence-corrected chi connectivity index (χ4v) is 3.34. The second-order valence-corrected chi connectivity index (χ2v) is 6.47. The molecule has 6 heteroatoms. The molecule has 25 heavy (non-hydrogen) atoms. The minimum absolute atomic E-state index is 0.0391. The van der Waals surface area contributed by atoms with Crippen LogP contribution in [0.4, 0.5) is 13.6 Å². The topological polar surface area (TPSA) is 50.4 Å². The lowest BCUT2D eigenvalue weighted by Gasteiger charge is -2.27. The summed E-state index contributed by atoms with van der Waals surface area (Å²) < 4.78 is 32.1. The van der Waals surface area contributed by atoms with Gasteiger partial charge in [-0.1, -0.05) is 24.3 Å². The van der Waals surface area contributed by atoms with Crippen molar-refractivity contribution >= 4 is 6.03 Å². The van der Waals surface area contributed by atoms with Gasteiger partial charge in [-0.3, -0.25) is 0 Å². The largest absolute Gasteiger partial charge is 0.490 e. The van der Waals surface area contributed by atoms with E-state index in [2.05, 4.69) is 10.6 Å². The summed E-state index contributed by atoms with van der Waals surface area (Å²) in [4.78, 5) is 12.3. The van der Waals surface area contributed by atoms with Gasteiger partial charge < -0.3 is 15.4 Å². The second kappa shape index (κ2) is 6.35. The highest BCUT2D eigenvalue weighted by Gasteiger charge is 2.40. The fourth-order valence-electron chi connectivity index (χ4n) is 3.34. The molecule has 0 spiro atoms. The van der Waals surface area contributed by atoms with Crippen LogP contribution in [0.15, 0.2) is 42.5 Å². The summed E-state index contributed by atoms with van der Waals surface area (Å²) in [5.41, 5.74) is 1.68. The highest BCUT2D eigenvalue weighted by atomic mass is 19.1. The molecular formula is C19H18F2N2O2. The molecule has 0 bridgehead atoms. The maximum Gasteiger partial charge on any atom is 0.315 e. The molecule has 1 heterocycles. The van der Waals surface area contributed by atoms with Crippen molar-refractivity contribution in [1.82, 2.24) is 10.6 Å². The van der Waals surface area contributed by atoms with Crippen molar-refractivity contribution in [2.75, 3.05) is 6.61 Å². The highest BCUT2D eigenvalue weighted by molar-refractivity contribution is 5.75. The van der Waals surface area contributed by atoms with E-state index in [9.17, 15) is 13.6 Å². The lowest BCUT2D eigenvalue weighted by molar-refractivity contribution is 0.219. The number of para-hydroxylation sites is 1. The van der Waals surface area contributed by atoms with Gasteiger partial charge in [-0.05, 0) is 30.2 Å². The molecule has 0 radical (unpaired) electrons. The van der Waals surface area contributed by atoms with Crippen LogP contribution < -0.4 is 15.4 Å². The van der Waals surface area contributed by atoms with Crippen LogP contribution in [0.1, 0.15) is 35.9 Å². The smallest absolute Gasteiger partial charge is 0.315 e. The molecule has 2 aromatic rings. The van der Waals surface area contributed by atoms with Crippen LogP contribution >= 0.6 is 0 Å². The second-order valence-electron chi connectivity index (χ2n) is 6.47. The first-order valence-electron chi connectivity index (χ1n) is 8.35. The van der Waals surface area contributed by atoms with Crippen LogP contribution in [-0.2, 0) is 0 Å². The van der Waals surface area contributed by atoms with Crippen molar-refractivity contribution in [1.29, 1.82) is 0 Å². The van der Waals surface area contributed by atoms with E-state index >= 15 is 0 Å². The standard InChI is InChI=1S/C19H18F2N2O2/c20-12-6-4-11(5-7-12)14-10-17(14)23-19(24)22-16-8-9-25-18-13(16)2-1-3-15(18)21/h1-7,14,16-17H,8-10H2,(H2,22,23,24)/t14-,16-,17+/m0/s1. The molecule has 0 unspecified atom stereocenters. The molecule has 1 saturated carbocycles. The first-order valence-corrected chi connectivity index (χ1v) is 8.35. The Kier molecular flexibility index (Phi) is 4.03. The first-order chi connectivity index (χ1) is 12.1. The quantitative estimate of drug-likeness (QED) is 0.893. The molecule has 1 aliphatic carbocycles. The van der Waals surface area contributed by atoms with Crippen LogP contribution in [0.3, 0.4) is 0 Å². The monoisotopic (exact) mass is 344 g/mol. The fraction of sp³-hybridized carbons (Fsp3) is 0.316. The summed E-state index contributed by atoms with van der Waals surface area (Å²) in [6, 6.07) is 10.6. The maximum absolute atomic E-state index is 13.8. The molecule has 2 N–H and O–H groups in total. The Morgan fingerprint density at radius 3 is 2.68 bits per heavy atom. The number of rotatable bonds is 3. The normalized spacial score (nSPS) is 24.0. The minimum atomic E-state index is -0.414. The number of carbonyl (C=O) groups is 1. The highest BCUT2D eigenvalue weighted by Crippen LogP contribution is 2.41. The number of fused-ring (bicyclic) bond motifs is 1. The molecule has 2 aliphatic rings. The third-order valence-corrected chi connectivity index (χ3v) is 4.74. The summed E-state index contributed by atoms with van der Waals surface area (Å²) in [6.07, 6.45) is 1.42. The Labute approximate surface area is 144 Å². The Balaban J connectivity index is 1.37. The zero-order valence-electron chi connectivity index (χ0n) is 13.5. The predicted octanol–water partition coefficient (Wildman–Crippen LogP) is 3.64. The lowest BCUT2D eigenvalue weighted by Crippen LogP contribution is -2.41. The van der Waals surface area contributed by atoms with Crippen LogP contribution in [0.25, 0.3) is 0 Å². The van der Waals surface area contributed by atoms with Crippen molar-refractivity contribution in [2.24, 2.45) is 0 Å². The zero-order chi connectivity index (χ0) is 17.4. The third kappa shape index (κ3) is 3.29. The minimum Gasteiger partial charge on any atom is -0.490 e. The molecule has 3 atom stereocenters. The van der Waals surface area contributed by atoms with Gasteiger partial charge in [0.25, 0.3) is 0 Å². The number of hydrogen-bond donors (Lipinski definition) is 2. The van der Waals surface area contributed by atoms with Crippen LogP contribution in [0.5, 0.6) is 5.75 Å². The molecule has 4 rings (SSSR count). The molecule has 0 saturated heterocycles. The molecule has 4 nitrogen and oxygen atoms in total. The number of amides is 2. The number of nitrogens with one attached hydrogen (secondary N) is 2. The Bertz CT molecular complexity index is 795. The molecule has 1 fully saturated rings. The summed E-state index contributed by atoms with van der Waals surface area (Å²) in [5, 5.41) is 5.83. The molecule has 130 valence electrons. The van der Waals surface area contributed by atoms with E-state index in [1.165, 1.54) is 18.2 Å². The third-order valence-electron chi connectivity index (χ3n) is 4.74. The van der Waals surface area contributed by atoms with Gasteiger partial charge >= 0.3 is 6.03 Å². The van der Waals surface area contributed by atoms with E-state index in [0.717, 1.165) is 12.0 Å². The average molecular weight is 344 g/mol. The van der Waals surface area contributed by atoms with E-state index in [4.69, 9.17) is 4.74 Å². The number of carbonyl (C=O) groups excluding carboxylic acids is 1. The molecule has 1 aliphatic heterocycles. The number of ether oxygens (including phenoxy) is 1. The van der Waals surface area contributed by atoms with E-state index in [1.54, 1.807) is 24.3 Å². The van der Waals surface area contributed by atoms with Gasteiger partial charge in [0.15, 0.2) is 11.6 Å². The maximum atomic E-state index is 13.8. The molecule has 2 amide bonds. The van der Waals surface area contributed by atoms with Crippen molar-refractivity contribution in [3.63, 3.8) is 0 Å². The summed E-state index contributed by atoms with van der Waals surface area (Å²) in [5.74, 6) is -0.250. The van der Waals surface area contributed by atoms with Gasteiger partial charge in [0.2, 0.25) is 0 Å². The Morgan fingerprint density at radius 2 is 1.88 bits per heavy atom. The molecular weight excluding hydrogens is 326 g/mol. The van der Waals surface area contributed by atoms with Gasteiger partial charge in [-0.15, -0.1) is 0 Å². The number of benzene rings is 2. The lowest BCUT2D eigenvalue weighted by atomic mass is 10.0. The van der Waals surface area contributed by atoms with Gasteiger partial charge in [0.1, 0.15) is 5.82 Å². The number of halogens is 2. The van der Waals surface area contributed by atoms with Gasteiger partial charge in [-0.2, -0.15) is 0 Å². The summed E-state index contributed by atoms with van der Waals surface area (Å²) >= 11 is 0. The predicted molar refractivity (Wildman–Crippen MR) is 88.5 cm³/mol. The van der Waals surface area contributed by atoms with Crippen LogP contribution in [0, 0.1) is 11.6 Å². The number of urea groups is 1.